The molecule has 3 rings (SSSR count). The van der Waals surface area contributed by atoms with Crippen molar-refractivity contribution in [2.75, 3.05) is 11.9 Å². The van der Waals surface area contributed by atoms with Gasteiger partial charge in [-0.3, -0.25) is 0 Å². The fourth-order valence-electron chi connectivity index (χ4n) is 2.83. The molecule has 0 amide bonds. The average molecular weight is 418 g/mol. The van der Waals surface area contributed by atoms with Crippen LogP contribution in [0.15, 0.2) is 34.9 Å². The van der Waals surface area contributed by atoms with Crippen molar-refractivity contribution in [3.05, 3.63) is 46.1 Å². The maximum Gasteiger partial charge on any atom is 0.410 e. The number of nitrogens with one attached hydrogen (secondary N) is 1. The molecule has 134 valence electrons. The average Bonchev–Trinajstić information content (AvgIpc) is 2.97. The highest BCUT2D eigenvalue weighted by atomic mass is 79.9. The summed E-state index contributed by atoms with van der Waals surface area (Å²) in [6, 6.07) is 4.59. The van der Waals surface area contributed by atoms with Crippen molar-refractivity contribution in [1.29, 1.82) is 0 Å². The van der Waals surface area contributed by atoms with E-state index in [2.05, 4.69) is 26.3 Å². The summed E-state index contributed by atoms with van der Waals surface area (Å²) in [7, 11) is 0. The van der Waals surface area contributed by atoms with Crippen LogP contribution >= 0.6 is 15.9 Å². The third-order valence-electron chi connectivity index (χ3n) is 4.01. The lowest BCUT2D eigenvalue weighted by Gasteiger charge is -2.34. The summed E-state index contributed by atoms with van der Waals surface area (Å²) in [4.78, 5) is 12.0. The molecule has 1 aliphatic heterocycles. The minimum atomic E-state index is -4.48. The number of fused-ring (bicyclic) bond motifs is 1. The van der Waals surface area contributed by atoms with Gasteiger partial charge in [-0.2, -0.15) is 18.3 Å². The molecule has 0 saturated heterocycles. The Morgan fingerprint density at radius 1 is 1.40 bits per heavy atom. The van der Waals surface area contributed by atoms with Crippen LogP contribution in [0.3, 0.4) is 0 Å². The van der Waals surface area contributed by atoms with E-state index < -0.39 is 24.2 Å². The number of hydrogen-bond donors (Lipinski definition) is 1. The third kappa shape index (κ3) is 3.51. The van der Waals surface area contributed by atoms with Gasteiger partial charge in [-0.1, -0.05) is 28.1 Å². The van der Waals surface area contributed by atoms with Crippen LogP contribution < -0.4 is 5.32 Å². The van der Waals surface area contributed by atoms with Crippen LogP contribution in [0.4, 0.5) is 19.0 Å². The number of ether oxygens (including phenoxy) is 1. The largest absolute Gasteiger partial charge is 0.462 e. The van der Waals surface area contributed by atoms with Gasteiger partial charge in [0.2, 0.25) is 0 Å². The van der Waals surface area contributed by atoms with Crippen molar-refractivity contribution < 1.29 is 22.7 Å². The zero-order chi connectivity index (χ0) is 18.2. The summed E-state index contributed by atoms with van der Waals surface area (Å²) in [6.07, 6.45) is -3.59. The molecule has 0 unspecified atom stereocenters. The van der Waals surface area contributed by atoms with E-state index in [1.807, 2.05) is 0 Å². The molecular weight excluding hydrogens is 403 g/mol. The quantitative estimate of drug-likeness (QED) is 0.747. The second-order valence-electron chi connectivity index (χ2n) is 5.61. The Bertz CT molecular complexity index is 774. The summed E-state index contributed by atoms with van der Waals surface area (Å²) in [5.41, 5.74) is 0.692. The monoisotopic (exact) mass is 417 g/mol. The van der Waals surface area contributed by atoms with Gasteiger partial charge >= 0.3 is 12.1 Å². The van der Waals surface area contributed by atoms with E-state index >= 15 is 0 Å². The number of carbonyl (C=O) groups excluding carboxylic acids is 1. The highest BCUT2D eigenvalue weighted by molar-refractivity contribution is 9.10. The van der Waals surface area contributed by atoms with Crippen LogP contribution in [0.5, 0.6) is 0 Å². The number of esters is 1. The van der Waals surface area contributed by atoms with Crippen LogP contribution in [0.25, 0.3) is 0 Å². The molecule has 5 nitrogen and oxygen atoms in total. The summed E-state index contributed by atoms with van der Waals surface area (Å²) in [5.74, 6) is -0.673. The van der Waals surface area contributed by atoms with Gasteiger partial charge in [0.1, 0.15) is 11.4 Å². The van der Waals surface area contributed by atoms with Crippen molar-refractivity contribution in [1.82, 2.24) is 9.78 Å². The molecule has 1 aliphatic rings. The fraction of sp³-hybridized carbons (Fsp3) is 0.375. The van der Waals surface area contributed by atoms with Gasteiger partial charge in [0.15, 0.2) is 6.04 Å². The smallest absolute Gasteiger partial charge is 0.410 e. The Kier molecular flexibility index (Phi) is 4.77. The Balaban J connectivity index is 2.02. The molecular formula is C16H15BrF3N3O2. The first-order valence-electron chi connectivity index (χ1n) is 7.64. The molecule has 2 atom stereocenters. The van der Waals surface area contributed by atoms with Gasteiger partial charge < -0.3 is 10.1 Å². The lowest BCUT2D eigenvalue weighted by Crippen LogP contribution is -2.36. The molecule has 1 aromatic heterocycles. The first-order chi connectivity index (χ1) is 11.8. The highest BCUT2D eigenvalue weighted by Gasteiger charge is 2.47. The number of hydrogen-bond acceptors (Lipinski definition) is 4. The number of benzene rings is 1. The highest BCUT2D eigenvalue weighted by Crippen LogP contribution is 2.44. The van der Waals surface area contributed by atoms with E-state index in [-0.39, 0.29) is 24.4 Å². The predicted octanol–water partition coefficient (Wildman–Crippen LogP) is 4.48. The first kappa shape index (κ1) is 17.8. The molecule has 0 bridgehead atoms. The maximum atomic E-state index is 13.5. The van der Waals surface area contributed by atoms with Crippen LogP contribution in [0, 0.1) is 0 Å². The molecule has 0 radical (unpaired) electrons. The number of alkyl halides is 3. The molecule has 9 heteroatoms. The molecule has 1 N–H and O–H groups in total. The number of halogens is 4. The Morgan fingerprint density at radius 2 is 2.08 bits per heavy atom. The third-order valence-corrected chi connectivity index (χ3v) is 4.53. The lowest BCUT2D eigenvalue weighted by molar-refractivity contribution is -0.173. The summed E-state index contributed by atoms with van der Waals surface area (Å²) < 4.78 is 47.1. The van der Waals surface area contributed by atoms with Crippen molar-refractivity contribution in [2.45, 2.75) is 31.6 Å². The SMILES string of the molecule is CCOC(=O)c1cnn2c1N[C@@H](c1ccc(Br)cc1)C[C@H]2C(F)(F)F. The summed E-state index contributed by atoms with van der Waals surface area (Å²) in [6.45, 7) is 1.76. The van der Waals surface area contributed by atoms with Crippen molar-refractivity contribution in [2.24, 2.45) is 0 Å². The van der Waals surface area contributed by atoms with Crippen molar-refractivity contribution >= 4 is 27.7 Å². The zero-order valence-corrected chi connectivity index (χ0v) is 14.8. The molecule has 0 spiro atoms. The maximum absolute atomic E-state index is 13.5. The topological polar surface area (TPSA) is 56.1 Å². The summed E-state index contributed by atoms with van der Waals surface area (Å²) >= 11 is 3.30. The number of aromatic nitrogens is 2. The standard InChI is InChI=1S/C16H15BrF3N3O2/c1-2-25-15(24)11-8-21-23-13(16(18,19)20)7-12(22-14(11)23)9-3-5-10(17)6-4-9/h3-6,8,12-13,22H,2,7H2,1H3/t12-,13+/m1/s1. The second kappa shape index (κ2) is 6.70. The van der Waals surface area contributed by atoms with Gasteiger partial charge in [-0.05, 0) is 24.6 Å². The lowest BCUT2D eigenvalue weighted by atomic mass is 9.96. The van der Waals surface area contributed by atoms with Gasteiger partial charge in [0, 0.05) is 10.9 Å². The number of carbonyl (C=O) groups is 1. The molecule has 2 aromatic rings. The van der Waals surface area contributed by atoms with E-state index in [1.54, 1.807) is 31.2 Å². The van der Waals surface area contributed by atoms with E-state index in [0.29, 0.717) is 5.56 Å². The van der Waals surface area contributed by atoms with Crippen molar-refractivity contribution in [3.63, 3.8) is 0 Å². The Hall–Kier alpha value is -2.03. The van der Waals surface area contributed by atoms with Gasteiger partial charge in [0.25, 0.3) is 0 Å². The number of rotatable bonds is 3. The van der Waals surface area contributed by atoms with E-state index in [0.717, 1.165) is 15.4 Å². The Labute approximate surface area is 150 Å². The van der Waals surface area contributed by atoms with Crippen LogP contribution in [0.1, 0.15) is 41.3 Å². The fourth-order valence-corrected chi connectivity index (χ4v) is 3.10. The molecule has 1 aromatic carbocycles. The Morgan fingerprint density at radius 3 is 2.68 bits per heavy atom. The first-order valence-corrected chi connectivity index (χ1v) is 8.44. The molecule has 2 heterocycles. The minimum Gasteiger partial charge on any atom is -0.462 e. The molecule has 0 aliphatic carbocycles. The number of nitrogens with zero attached hydrogens (tertiary/aromatic N) is 2. The molecule has 25 heavy (non-hydrogen) atoms. The minimum absolute atomic E-state index is 0.00193. The number of anilines is 1. The molecule has 0 saturated carbocycles. The van der Waals surface area contributed by atoms with Gasteiger partial charge in [-0.25, -0.2) is 9.48 Å². The zero-order valence-electron chi connectivity index (χ0n) is 13.2. The van der Waals surface area contributed by atoms with Crippen LogP contribution in [-0.4, -0.2) is 28.5 Å². The van der Waals surface area contributed by atoms with Crippen LogP contribution in [0.2, 0.25) is 0 Å². The van der Waals surface area contributed by atoms with Crippen LogP contribution in [-0.2, 0) is 4.74 Å². The summed E-state index contributed by atoms with van der Waals surface area (Å²) in [5, 5.41) is 6.78. The van der Waals surface area contributed by atoms with E-state index in [1.165, 1.54) is 0 Å². The van der Waals surface area contributed by atoms with Crippen molar-refractivity contribution in [3.8, 4) is 0 Å². The van der Waals surface area contributed by atoms with E-state index in [9.17, 15) is 18.0 Å². The molecule has 0 fully saturated rings. The van der Waals surface area contributed by atoms with Gasteiger partial charge in [0.05, 0.1) is 18.8 Å². The van der Waals surface area contributed by atoms with Gasteiger partial charge in [-0.15, -0.1) is 0 Å². The van der Waals surface area contributed by atoms with E-state index in [4.69, 9.17) is 4.74 Å². The predicted molar refractivity (Wildman–Crippen MR) is 88.4 cm³/mol. The second-order valence-corrected chi connectivity index (χ2v) is 6.53. The normalized spacial score (nSPS) is 19.9.